The summed E-state index contributed by atoms with van der Waals surface area (Å²) < 4.78 is 10.7. The molecule has 1 aromatic rings. The topological polar surface area (TPSA) is 55.8 Å². The summed E-state index contributed by atoms with van der Waals surface area (Å²) in [4.78, 5) is 10.5. The van der Waals surface area contributed by atoms with Crippen LogP contribution in [0.3, 0.4) is 0 Å². The summed E-state index contributed by atoms with van der Waals surface area (Å²) in [5.41, 5.74) is 0.767. The fraction of sp³-hybridized carbons (Fsp3) is 0.462. The molecule has 4 nitrogen and oxygen atoms in total. The summed E-state index contributed by atoms with van der Waals surface area (Å²) in [5, 5.41) is 8.62. The van der Waals surface area contributed by atoms with Crippen molar-refractivity contribution in [3.8, 4) is 5.75 Å². The molecule has 1 aliphatic carbocycles. The predicted molar refractivity (Wildman–Crippen MR) is 62.0 cm³/mol. The van der Waals surface area contributed by atoms with Crippen molar-refractivity contribution >= 4 is 5.97 Å². The standard InChI is InChI=1S/C13H16O4/c14-13(15)7-10-3-5-12(6-4-10)17-9-16-8-11-1-2-11/h3-6,11H,1-2,7-9H2,(H,14,15). The first kappa shape index (κ1) is 11.9. The van der Waals surface area contributed by atoms with E-state index in [2.05, 4.69) is 0 Å². The summed E-state index contributed by atoms with van der Waals surface area (Å²) >= 11 is 0. The van der Waals surface area contributed by atoms with E-state index < -0.39 is 5.97 Å². The maximum atomic E-state index is 10.5. The molecule has 4 heteroatoms. The van der Waals surface area contributed by atoms with Crippen LogP contribution in [0.4, 0.5) is 0 Å². The van der Waals surface area contributed by atoms with Crippen LogP contribution in [0.5, 0.6) is 5.75 Å². The Morgan fingerprint density at radius 1 is 1.29 bits per heavy atom. The molecular formula is C13H16O4. The van der Waals surface area contributed by atoms with Crippen molar-refractivity contribution in [2.24, 2.45) is 5.92 Å². The second-order valence-corrected chi connectivity index (χ2v) is 4.29. The van der Waals surface area contributed by atoms with Gasteiger partial charge in [0.05, 0.1) is 13.0 Å². The van der Waals surface area contributed by atoms with Crippen LogP contribution >= 0.6 is 0 Å². The van der Waals surface area contributed by atoms with Crippen LogP contribution in [0.1, 0.15) is 18.4 Å². The molecule has 17 heavy (non-hydrogen) atoms. The van der Waals surface area contributed by atoms with Gasteiger partial charge < -0.3 is 14.6 Å². The zero-order valence-corrected chi connectivity index (χ0v) is 9.59. The molecule has 0 amide bonds. The Bertz CT molecular complexity index is 368. The molecule has 0 aromatic heterocycles. The van der Waals surface area contributed by atoms with E-state index in [1.807, 2.05) is 0 Å². The maximum Gasteiger partial charge on any atom is 0.307 e. The minimum atomic E-state index is -0.827. The molecule has 0 saturated heterocycles. The van der Waals surface area contributed by atoms with Gasteiger partial charge in [0.2, 0.25) is 0 Å². The van der Waals surface area contributed by atoms with Crippen LogP contribution in [-0.4, -0.2) is 24.5 Å². The summed E-state index contributed by atoms with van der Waals surface area (Å²) in [6.07, 6.45) is 2.58. The average Bonchev–Trinajstić information content (AvgIpc) is 3.10. The van der Waals surface area contributed by atoms with E-state index in [0.717, 1.165) is 18.1 Å². The Balaban J connectivity index is 1.70. The van der Waals surface area contributed by atoms with Gasteiger partial charge in [-0.1, -0.05) is 12.1 Å². The highest BCUT2D eigenvalue weighted by atomic mass is 16.7. The SMILES string of the molecule is O=C(O)Cc1ccc(OCOCC2CC2)cc1. The lowest BCUT2D eigenvalue weighted by molar-refractivity contribution is -0.136. The van der Waals surface area contributed by atoms with Gasteiger partial charge in [-0.05, 0) is 36.5 Å². The lowest BCUT2D eigenvalue weighted by Gasteiger charge is -2.07. The number of ether oxygens (including phenoxy) is 2. The second kappa shape index (κ2) is 5.68. The highest BCUT2D eigenvalue weighted by molar-refractivity contribution is 5.70. The number of carbonyl (C=O) groups is 1. The lowest BCUT2D eigenvalue weighted by atomic mass is 10.1. The first-order valence-corrected chi connectivity index (χ1v) is 5.75. The van der Waals surface area contributed by atoms with Gasteiger partial charge in [-0.2, -0.15) is 0 Å². The van der Waals surface area contributed by atoms with Gasteiger partial charge in [-0.3, -0.25) is 4.79 Å². The molecule has 1 saturated carbocycles. The molecule has 0 spiro atoms. The Morgan fingerprint density at radius 3 is 2.59 bits per heavy atom. The van der Waals surface area contributed by atoms with Crippen LogP contribution < -0.4 is 4.74 Å². The van der Waals surface area contributed by atoms with E-state index in [4.69, 9.17) is 14.6 Å². The zero-order valence-electron chi connectivity index (χ0n) is 9.59. The Hall–Kier alpha value is -1.55. The van der Waals surface area contributed by atoms with E-state index in [1.165, 1.54) is 12.8 Å². The third-order valence-electron chi connectivity index (χ3n) is 2.64. The van der Waals surface area contributed by atoms with E-state index in [1.54, 1.807) is 24.3 Å². The van der Waals surface area contributed by atoms with Gasteiger partial charge in [-0.15, -0.1) is 0 Å². The number of rotatable bonds is 7. The minimum absolute atomic E-state index is 0.0401. The number of aliphatic carboxylic acids is 1. The van der Waals surface area contributed by atoms with Crippen molar-refractivity contribution in [1.82, 2.24) is 0 Å². The van der Waals surface area contributed by atoms with Crippen LogP contribution in [0.2, 0.25) is 0 Å². The molecule has 92 valence electrons. The van der Waals surface area contributed by atoms with Crippen molar-refractivity contribution in [2.75, 3.05) is 13.4 Å². The van der Waals surface area contributed by atoms with Gasteiger partial charge >= 0.3 is 5.97 Å². The average molecular weight is 236 g/mol. The number of benzene rings is 1. The fourth-order valence-electron chi connectivity index (χ4n) is 1.49. The van der Waals surface area contributed by atoms with E-state index in [9.17, 15) is 4.79 Å². The molecule has 0 aliphatic heterocycles. The molecular weight excluding hydrogens is 220 g/mol. The van der Waals surface area contributed by atoms with Crippen LogP contribution in [0, 0.1) is 5.92 Å². The molecule has 0 atom stereocenters. The third kappa shape index (κ3) is 4.44. The molecule has 0 bridgehead atoms. The summed E-state index contributed by atoms with van der Waals surface area (Å²) in [6.45, 7) is 1.03. The zero-order chi connectivity index (χ0) is 12.1. The number of carboxylic acids is 1. The predicted octanol–water partition coefficient (Wildman–Crippen LogP) is 2.08. The van der Waals surface area contributed by atoms with Gasteiger partial charge in [-0.25, -0.2) is 0 Å². The Kier molecular flexibility index (Phi) is 3.98. The molecule has 0 radical (unpaired) electrons. The largest absolute Gasteiger partial charge is 0.481 e. The van der Waals surface area contributed by atoms with Gasteiger partial charge in [0.25, 0.3) is 0 Å². The van der Waals surface area contributed by atoms with Gasteiger partial charge in [0.15, 0.2) is 6.79 Å². The molecule has 0 heterocycles. The number of hydrogen-bond acceptors (Lipinski definition) is 3. The second-order valence-electron chi connectivity index (χ2n) is 4.29. The summed E-state index contributed by atoms with van der Waals surface area (Å²) in [7, 11) is 0. The highest BCUT2D eigenvalue weighted by Gasteiger charge is 2.20. The fourth-order valence-corrected chi connectivity index (χ4v) is 1.49. The van der Waals surface area contributed by atoms with Crippen molar-refractivity contribution in [3.05, 3.63) is 29.8 Å². The highest BCUT2D eigenvalue weighted by Crippen LogP contribution is 2.28. The van der Waals surface area contributed by atoms with Crippen LogP contribution in [0.15, 0.2) is 24.3 Å². The summed E-state index contributed by atoms with van der Waals surface area (Å²) in [5.74, 6) is 0.609. The minimum Gasteiger partial charge on any atom is -0.481 e. The molecule has 2 rings (SSSR count). The molecule has 0 unspecified atom stereocenters. The number of carboxylic acid groups (broad SMARTS) is 1. The van der Waals surface area contributed by atoms with Gasteiger partial charge in [0.1, 0.15) is 5.75 Å². The normalized spacial score (nSPS) is 14.6. The number of hydrogen-bond donors (Lipinski definition) is 1. The third-order valence-corrected chi connectivity index (χ3v) is 2.64. The smallest absolute Gasteiger partial charge is 0.307 e. The molecule has 1 aliphatic rings. The van der Waals surface area contributed by atoms with Crippen LogP contribution in [0.25, 0.3) is 0 Å². The van der Waals surface area contributed by atoms with E-state index >= 15 is 0 Å². The first-order valence-electron chi connectivity index (χ1n) is 5.75. The van der Waals surface area contributed by atoms with Crippen molar-refractivity contribution in [2.45, 2.75) is 19.3 Å². The maximum absolute atomic E-state index is 10.5. The quantitative estimate of drug-likeness (QED) is 0.581. The first-order chi connectivity index (χ1) is 8.24. The summed E-state index contributed by atoms with van der Waals surface area (Å²) in [6, 6.07) is 7.03. The molecule has 1 fully saturated rings. The van der Waals surface area contributed by atoms with Crippen molar-refractivity contribution in [3.63, 3.8) is 0 Å². The van der Waals surface area contributed by atoms with E-state index in [0.29, 0.717) is 5.75 Å². The monoisotopic (exact) mass is 236 g/mol. The van der Waals surface area contributed by atoms with Gasteiger partial charge in [0, 0.05) is 0 Å². The van der Waals surface area contributed by atoms with E-state index in [-0.39, 0.29) is 13.2 Å². The molecule has 1 aromatic carbocycles. The lowest BCUT2D eigenvalue weighted by Crippen LogP contribution is -2.05. The molecule has 1 N–H and O–H groups in total. The van der Waals surface area contributed by atoms with Crippen molar-refractivity contribution < 1.29 is 19.4 Å². The van der Waals surface area contributed by atoms with Crippen LogP contribution in [-0.2, 0) is 16.0 Å². The Labute approximate surface area is 100 Å². The van der Waals surface area contributed by atoms with Crippen molar-refractivity contribution in [1.29, 1.82) is 0 Å². The Morgan fingerprint density at radius 2 is 2.00 bits per heavy atom.